The number of carbonyl (C=O) groups is 2. The van der Waals surface area contributed by atoms with Gasteiger partial charge in [0, 0.05) is 19.0 Å². The predicted molar refractivity (Wildman–Crippen MR) is 132 cm³/mol. The van der Waals surface area contributed by atoms with E-state index in [1.54, 1.807) is 4.90 Å². The van der Waals surface area contributed by atoms with Crippen LogP contribution in [-0.4, -0.2) is 35.4 Å². The molecule has 1 N–H and O–H groups in total. The predicted octanol–water partition coefficient (Wildman–Crippen LogP) is 5.41. The van der Waals surface area contributed by atoms with Crippen LogP contribution in [0.25, 0.3) is 0 Å². The topological polar surface area (TPSA) is 58.6 Å². The minimum absolute atomic E-state index is 0.00196. The fourth-order valence-electron chi connectivity index (χ4n) is 4.43. The van der Waals surface area contributed by atoms with Crippen molar-refractivity contribution in [2.45, 2.75) is 83.8 Å². The maximum atomic E-state index is 13.3. The second-order valence-corrected chi connectivity index (χ2v) is 9.04. The van der Waals surface area contributed by atoms with Crippen molar-refractivity contribution in [2.24, 2.45) is 0 Å². The zero-order valence-corrected chi connectivity index (χ0v) is 20.1. The number of rotatable bonds is 11. The Kier molecular flexibility index (Phi) is 9.79. The number of hydrogen-bond donors (Lipinski definition) is 1. The first-order chi connectivity index (χ1) is 16.1. The molecular formula is C28H38N2O3. The summed E-state index contributed by atoms with van der Waals surface area (Å²) in [5.41, 5.74) is 2.22. The average Bonchev–Trinajstić information content (AvgIpc) is 2.84. The van der Waals surface area contributed by atoms with Crippen LogP contribution in [0, 0.1) is 6.92 Å². The molecule has 0 aromatic heterocycles. The van der Waals surface area contributed by atoms with Crippen LogP contribution in [0.15, 0.2) is 54.6 Å². The highest BCUT2D eigenvalue weighted by Crippen LogP contribution is 2.20. The smallest absolute Gasteiger partial charge is 0.243 e. The number of hydrogen-bond acceptors (Lipinski definition) is 3. The van der Waals surface area contributed by atoms with Crippen LogP contribution in [0.3, 0.4) is 0 Å². The van der Waals surface area contributed by atoms with Crippen LogP contribution in [-0.2, 0) is 16.1 Å². The Balaban J connectivity index is 1.64. The zero-order chi connectivity index (χ0) is 23.5. The third-order valence-electron chi connectivity index (χ3n) is 6.36. The minimum atomic E-state index is -0.462. The largest absolute Gasteiger partial charge is 0.494 e. The molecule has 0 saturated heterocycles. The van der Waals surface area contributed by atoms with Gasteiger partial charge in [-0.2, -0.15) is 0 Å². The van der Waals surface area contributed by atoms with Crippen molar-refractivity contribution in [3.05, 3.63) is 65.7 Å². The SMILES string of the molecule is CC[C@H](C(=O)NC1CCCCC1)N(Cc1ccc(C)cc1)C(=O)CCCOc1ccccc1. The number of aryl methyl sites for hydroxylation is 1. The lowest BCUT2D eigenvalue weighted by Gasteiger charge is -2.33. The molecule has 0 spiro atoms. The maximum Gasteiger partial charge on any atom is 0.243 e. The number of nitrogens with zero attached hydrogens (tertiary/aromatic N) is 1. The highest BCUT2D eigenvalue weighted by molar-refractivity contribution is 5.87. The van der Waals surface area contributed by atoms with Gasteiger partial charge in [-0.1, -0.05) is 74.2 Å². The molecule has 1 fully saturated rings. The van der Waals surface area contributed by atoms with Gasteiger partial charge in [0.2, 0.25) is 11.8 Å². The molecule has 178 valence electrons. The van der Waals surface area contributed by atoms with Crippen molar-refractivity contribution >= 4 is 11.8 Å². The Morgan fingerprint density at radius 3 is 2.39 bits per heavy atom. The summed E-state index contributed by atoms with van der Waals surface area (Å²) in [5, 5.41) is 3.23. The van der Waals surface area contributed by atoms with Crippen molar-refractivity contribution in [1.29, 1.82) is 0 Å². The molecule has 0 unspecified atom stereocenters. The summed E-state index contributed by atoms with van der Waals surface area (Å²) in [4.78, 5) is 28.3. The summed E-state index contributed by atoms with van der Waals surface area (Å²) in [6, 6.07) is 17.6. The Labute approximate surface area is 198 Å². The normalized spacial score (nSPS) is 15.0. The summed E-state index contributed by atoms with van der Waals surface area (Å²) in [7, 11) is 0. The van der Waals surface area contributed by atoms with Gasteiger partial charge in [0.15, 0.2) is 0 Å². The van der Waals surface area contributed by atoms with E-state index in [2.05, 4.69) is 17.4 Å². The highest BCUT2D eigenvalue weighted by Gasteiger charge is 2.30. The molecule has 3 rings (SSSR count). The molecule has 1 aliphatic rings. The summed E-state index contributed by atoms with van der Waals surface area (Å²) >= 11 is 0. The molecule has 5 nitrogen and oxygen atoms in total. The van der Waals surface area contributed by atoms with E-state index in [1.807, 2.05) is 56.3 Å². The highest BCUT2D eigenvalue weighted by atomic mass is 16.5. The van der Waals surface area contributed by atoms with Crippen LogP contribution in [0.5, 0.6) is 5.75 Å². The molecule has 1 saturated carbocycles. The van der Waals surface area contributed by atoms with Crippen LogP contribution in [0.1, 0.15) is 69.4 Å². The minimum Gasteiger partial charge on any atom is -0.494 e. The standard InChI is InChI=1S/C28H38N2O3/c1-3-26(28(32)29-24-11-6-4-7-12-24)30(21-23-18-16-22(2)17-19-23)27(31)15-10-20-33-25-13-8-5-9-14-25/h5,8-9,13-14,16-19,24,26H,3-4,6-7,10-12,15,20-21H2,1-2H3,(H,29,32)/t26-/m1/s1. The fourth-order valence-corrected chi connectivity index (χ4v) is 4.43. The molecule has 0 radical (unpaired) electrons. The summed E-state index contributed by atoms with van der Waals surface area (Å²) in [6.07, 6.45) is 7.19. The molecule has 1 aliphatic carbocycles. The fraction of sp³-hybridized carbons (Fsp3) is 0.500. The zero-order valence-electron chi connectivity index (χ0n) is 20.1. The van der Waals surface area contributed by atoms with E-state index in [-0.39, 0.29) is 17.9 Å². The van der Waals surface area contributed by atoms with E-state index >= 15 is 0 Å². The van der Waals surface area contributed by atoms with Crippen LogP contribution in [0.2, 0.25) is 0 Å². The van der Waals surface area contributed by atoms with E-state index in [1.165, 1.54) is 12.0 Å². The van der Waals surface area contributed by atoms with Crippen molar-refractivity contribution in [3.63, 3.8) is 0 Å². The Morgan fingerprint density at radius 1 is 1.03 bits per heavy atom. The quantitative estimate of drug-likeness (QED) is 0.466. The van der Waals surface area contributed by atoms with E-state index in [9.17, 15) is 9.59 Å². The van der Waals surface area contributed by atoms with Crippen LogP contribution < -0.4 is 10.1 Å². The first kappa shape index (κ1) is 24.8. The van der Waals surface area contributed by atoms with Gasteiger partial charge in [0.05, 0.1) is 6.61 Å². The lowest BCUT2D eigenvalue weighted by atomic mass is 9.95. The molecule has 0 aliphatic heterocycles. The maximum absolute atomic E-state index is 13.3. The number of nitrogens with one attached hydrogen (secondary N) is 1. The lowest BCUT2D eigenvalue weighted by molar-refractivity contribution is -0.142. The number of benzene rings is 2. The van der Waals surface area contributed by atoms with Crippen molar-refractivity contribution in [3.8, 4) is 5.75 Å². The molecular weight excluding hydrogens is 412 g/mol. The third-order valence-corrected chi connectivity index (χ3v) is 6.36. The lowest BCUT2D eigenvalue weighted by Crippen LogP contribution is -2.51. The molecule has 33 heavy (non-hydrogen) atoms. The van der Waals surface area contributed by atoms with E-state index < -0.39 is 6.04 Å². The molecule has 5 heteroatoms. The molecule has 2 amide bonds. The van der Waals surface area contributed by atoms with Gasteiger partial charge in [-0.3, -0.25) is 9.59 Å². The summed E-state index contributed by atoms with van der Waals surface area (Å²) < 4.78 is 5.75. The van der Waals surface area contributed by atoms with Gasteiger partial charge < -0.3 is 15.0 Å². The monoisotopic (exact) mass is 450 g/mol. The van der Waals surface area contributed by atoms with E-state index in [0.29, 0.717) is 32.4 Å². The van der Waals surface area contributed by atoms with Crippen molar-refractivity contribution in [1.82, 2.24) is 10.2 Å². The summed E-state index contributed by atoms with van der Waals surface area (Å²) in [5.74, 6) is 0.781. The molecule has 0 bridgehead atoms. The van der Waals surface area contributed by atoms with Gasteiger partial charge in [0.25, 0.3) is 0 Å². The van der Waals surface area contributed by atoms with E-state index in [0.717, 1.165) is 37.0 Å². The van der Waals surface area contributed by atoms with Gasteiger partial charge >= 0.3 is 0 Å². The third kappa shape index (κ3) is 7.92. The van der Waals surface area contributed by atoms with Crippen LogP contribution in [0.4, 0.5) is 0 Å². The first-order valence-electron chi connectivity index (χ1n) is 12.4. The second-order valence-electron chi connectivity index (χ2n) is 9.04. The molecule has 1 atom stereocenters. The molecule has 2 aromatic carbocycles. The number of carbonyl (C=O) groups excluding carboxylic acids is 2. The van der Waals surface area contributed by atoms with Gasteiger partial charge in [-0.15, -0.1) is 0 Å². The van der Waals surface area contributed by atoms with Crippen molar-refractivity contribution < 1.29 is 14.3 Å². The van der Waals surface area contributed by atoms with Gasteiger partial charge in [-0.05, 0) is 50.3 Å². The number of amides is 2. The number of para-hydroxylation sites is 1. The Bertz CT molecular complexity index is 860. The second kappa shape index (κ2) is 13.0. The van der Waals surface area contributed by atoms with Crippen molar-refractivity contribution in [2.75, 3.05) is 6.61 Å². The Morgan fingerprint density at radius 2 is 1.73 bits per heavy atom. The average molecular weight is 451 g/mol. The Hall–Kier alpha value is -2.82. The molecule has 0 heterocycles. The van der Waals surface area contributed by atoms with Crippen LogP contribution >= 0.6 is 0 Å². The van der Waals surface area contributed by atoms with E-state index in [4.69, 9.17) is 4.74 Å². The first-order valence-corrected chi connectivity index (χ1v) is 12.4. The van der Waals surface area contributed by atoms with Gasteiger partial charge in [-0.25, -0.2) is 0 Å². The summed E-state index contributed by atoms with van der Waals surface area (Å²) in [6.45, 7) is 4.94. The number of ether oxygens (including phenoxy) is 1. The van der Waals surface area contributed by atoms with Gasteiger partial charge in [0.1, 0.15) is 11.8 Å². The molecule has 2 aromatic rings.